The molecule has 1 aromatic rings. The maximum Gasteiger partial charge on any atom is 0.0662 e. The van der Waals surface area contributed by atoms with Crippen LogP contribution in [0, 0.1) is 0 Å². The summed E-state index contributed by atoms with van der Waals surface area (Å²) in [6.45, 7) is 3.88. The molecular weight excluding hydrogens is 196 g/mol. The summed E-state index contributed by atoms with van der Waals surface area (Å²) in [6, 6.07) is 12.9. The largest absolute Gasteiger partial charge is 0.127 e. The average Bonchev–Trinajstić information content (AvgIpc) is 2.19. The minimum absolute atomic E-state index is 0.774. The third-order valence-corrected chi connectivity index (χ3v) is 5.43. The van der Waals surface area contributed by atoms with Crippen molar-refractivity contribution in [2.24, 2.45) is 0 Å². The molecule has 2 heteroatoms. The molecule has 0 N–H and O–H groups in total. The van der Waals surface area contributed by atoms with Gasteiger partial charge in [-0.25, -0.2) is 0 Å². The van der Waals surface area contributed by atoms with Crippen LogP contribution in [0.5, 0.6) is 0 Å². The fraction of sp³-hybridized carbons (Fsp3) is 0.273. The first-order valence-electron chi connectivity index (χ1n) is 4.59. The molecule has 0 nitrogen and oxygen atoms in total. The molecule has 0 amide bonds. The van der Waals surface area contributed by atoms with Gasteiger partial charge in [-0.1, -0.05) is 35.9 Å². The van der Waals surface area contributed by atoms with E-state index >= 15 is 0 Å². The van der Waals surface area contributed by atoms with Gasteiger partial charge in [0.2, 0.25) is 0 Å². The average molecular weight is 211 g/mol. The van der Waals surface area contributed by atoms with Crippen LogP contribution < -0.4 is 0 Å². The number of halogens is 1. The van der Waals surface area contributed by atoms with Crippen molar-refractivity contribution in [2.75, 3.05) is 5.88 Å². The first-order chi connectivity index (χ1) is 6.36. The maximum absolute atomic E-state index is 5.73. The quantitative estimate of drug-likeness (QED) is 0.518. The molecule has 0 spiro atoms. The standard InChI is InChI=1S/C11H15ClSi/c1-2-13(9-8-12)10-11-6-4-3-5-7-11/h2-7,13H,1,8-10H2. The molecule has 70 valence electrons. The van der Waals surface area contributed by atoms with E-state index in [1.807, 2.05) is 0 Å². The predicted molar refractivity (Wildman–Crippen MR) is 63.0 cm³/mol. The van der Waals surface area contributed by atoms with Gasteiger partial charge in [-0.3, -0.25) is 0 Å². The summed E-state index contributed by atoms with van der Waals surface area (Å²) in [5, 5.41) is 0. The summed E-state index contributed by atoms with van der Waals surface area (Å²) in [5.74, 6) is 0.774. The molecule has 13 heavy (non-hydrogen) atoms. The van der Waals surface area contributed by atoms with Gasteiger partial charge in [-0.05, 0) is 12.1 Å². The highest BCUT2D eigenvalue weighted by Crippen LogP contribution is 2.06. The van der Waals surface area contributed by atoms with Crippen LogP contribution in [0.2, 0.25) is 6.04 Å². The highest BCUT2D eigenvalue weighted by molar-refractivity contribution is 6.64. The van der Waals surface area contributed by atoms with Crippen molar-refractivity contribution >= 4 is 20.4 Å². The van der Waals surface area contributed by atoms with Crippen LogP contribution >= 0.6 is 11.6 Å². The number of hydrogen-bond acceptors (Lipinski definition) is 0. The topological polar surface area (TPSA) is 0 Å². The Morgan fingerprint density at radius 3 is 2.54 bits per heavy atom. The molecule has 0 saturated carbocycles. The van der Waals surface area contributed by atoms with Crippen LogP contribution in [0.4, 0.5) is 0 Å². The Hall–Kier alpha value is -0.533. The first kappa shape index (κ1) is 10.5. The van der Waals surface area contributed by atoms with Crippen LogP contribution in [0.3, 0.4) is 0 Å². The van der Waals surface area contributed by atoms with E-state index in [2.05, 4.69) is 42.6 Å². The predicted octanol–water partition coefficient (Wildman–Crippen LogP) is 2.96. The first-order valence-corrected chi connectivity index (χ1v) is 7.42. The lowest BCUT2D eigenvalue weighted by molar-refractivity contribution is 1.30. The van der Waals surface area contributed by atoms with Crippen LogP contribution in [0.25, 0.3) is 0 Å². The molecule has 0 aliphatic carbocycles. The zero-order chi connectivity index (χ0) is 9.52. The summed E-state index contributed by atoms with van der Waals surface area (Å²) in [5.41, 5.74) is 3.55. The maximum atomic E-state index is 5.73. The molecule has 0 aliphatic heterocycles. The Labute approximate surface area is 86.8 Å². The fourth-order valence-electron chi connectivity index (χ4n) is 1.36. The smallest absolute Gasteiger partial charge is 0.0662 e. The van der Waals surface area contributed by atoms with Gasteiger partial charge in [0.1, 0.15) is 0 Å². The molecule has 0 fully saturated rings. The van der Waals surface area contributed by atoms with Crippen molar-refractivity contribution < 1.29 is 0 Å². The minimum atomic E-state index is -0.808. The number of hydrogen-bond donors (Lipinski definition) is 0. The van der Waals surface area contributed by atoms with Crippen molar-refractivity contribution in [2.45, 2.75) is 12.1 Å². The van der Waals surface area contributed by atoms with Crippen molar-refractivity contribution in [1.29, 1.82) is 0 Å². The summed E-state index contributed by atoms with van der Waals surface area (Å²) in [6.07, 6.45) is 0. The number of benzene rings is 1. The lowest BCUT2D eigenvalue weighted by Crippen LogP contribution is -2.13. The molecule has 0 aliphatic rings. The second kappa shape index (κ2) is 6.00. The molecule has 1 unspecified atom stereocenters. The van der Waals surface area contributed by atoms with Gasteiger partial charge in [0.25, 0.3) is 0 Å². The van der Waals surface area contributed by atoms with Crippen LogP contribution in [0.1, 0.15) is 5.56 Å². The van der Waals surface area contributed by atoms with Crippen LogP contribution in [0.15, 0.2) is 42.6 Å². The summed E-state index contributed by atoms with van der Waals surface area (Å²) >= 11 is 5.73. The molecule has 1 rings (SSSR count). The van der Waals surface area contributed by atoms with E-state index in [1.54, 1.807) is 0 Å². The van der Waals surface area contributed by atoms with Gasteiger partial charge in [0, 0.05) is 5.88 Å². The molecular formula is C11H15ClSi. The van der Waals surface area contributed by atoms with Crippen molar-refractivity contribution in [1.82, 2.24) is 0 Å². The fourth-order valence-corrected chi connectivity index (χ4v) is 3.97. The minimum Gasteiger partial charge on any atom is -0.127 e. The Kier molecular flexibility index (Phi) is 4.87. The Balaban J connectivity index is 2.51. The molecule has 0 aromatic heterocycles. The number of alkyl halides is 1. The van der Waals surface area contributed by atoms with Gasteiger partial charge < -0.3 is 0 Å². The number of rotatable bonds is 5. The molecule has 0 radical (unpaired) electrons. The van der Waals surface area contributed by atoms with Crippen molar-refractivity contribution in [3.8, 4) is 0 Å². The van der Waals surface area contributed by atoms with Gasteiger partial charge in [0.15, 0.2) is 0 Å². The zero-order valence-corrected chi connectivity index (χ0v) is 9.66. The van der Waals surface area contributed by atoms with Gasteiger partial charge in [-0.2, -0.15) is 0 Å². The molecule has 0 bridgehead atoms. The molecule has 0 heterocycles. The van der Waals surface area contributed by atoms with Crippen molar-refractivity contribution in [3.63, 3.8) is 0 Å². The Morgan fingerprint density at radius 1 is 1.31 bits per heavy atom. The van der Waals surface area contributed by atoms with E-state index in [4.69, 9.17) is 11.6 Å². The van der Waals surface area contributed by atoms with E-state index in [9.17, 15) is 0 Å². The third kappa shape index (κ3) is 3.79. The Bertz CT molecular complexity index is 246. The summed E-state index contributed by atoms with van der Waals surface area (Å²) < 4.78 is 0. The van der Waals surface area contributed by atoms with Crippen LogP contribution in [-0.2, 0) is 6.04 Å². The second-order valence-electron chi connectivity index (χ2n) is 3.16. The summed E-state index contributed by atoms with van der Waals surface area (Å²) in [4.78, 5) is 0. The monoisotopic (exact) mass is 210 g/mol. The lowest BCUT2D eigenvalue weighted by atomic mass is 10.2. The zero-order valence-electron chi connectivity index (χ0n) is 7.75. The summed E-state index contributed by atoms with van der Waals surface area (Å²) in [7, 11) is -0.808. The van der Waals surface area contributed by atoms with Gasteiger partial charge in [0.05, 0.1) is 8.80 Å². The molecule has 1 atom stereocenters. The van der Waals surface area contributed by atoms with E-state index in [1.165, 1.54) is 11.6 Å². The molecule has 0 saturated heterocycles. The van der Waals surface area contributed by atoms with E-state index < -0.39 is 8.80 Å². The van der Waals surface area contributed by atoms with Gasteiger partial charge in [-0.15, -0.1) is 23.9 Å². The van der Waals surface area contributed by atoms with Crippen LogP contribution in [-0.4, -0.2) is 14.7 Å². The normalized spacial score (nSPS) is 12.4. The van der Waals surface area contributed by atoms with Gasteiger partial charge >= 0.3 is 0 Å². The van der Waals surface area contributed by atoms with E-state index in [0.717, 1.165) is 11.9 Å². The van der Waals surface area contributed by atoms with E-state index in [0.29, 0.717) is 0 Å². The molecule has 1 aromatic carbocycles. The van der Waals surface area contributed by atoms with E-state index in [-0.39, 0.29) is 0 Å². The highest BCUT2D eigenvalue weighted by atomic mass is 35.5. The SMILES string of the molecule is C=C[SiH](CCCl)Cc1ccccc1. The lowest BCUT2D eigenvalue weighted by Gasteiger charge is -2.08. The van der Waals surface area contributed by atoms with Crippen molar-refractivity contribution in [3.05, 3.63) is 48.2 Å². The second-order valence-corrected chi connectivity index (χ2v) is 6.52. The Morgan fingerprint density at radius 2 is 2.00 bits per heavy atom. The third-order valence-electron chi connectivity index (χ3n) is 2.15. The highest BCUT2D eigenvalue weighted by Gasteiger charge is 2.05.